The minimum atomic E-state index is -0.0256. The second-order valence-corrected chi connectivity index (χ2v) is 7.55. The van der Waals surface area contributed by atoms with E-state index in [0.29, 0.717) is 18.0 Å². The van der Waals surface area contributed by atoms with Crippen molar-refractivity contribution < 1.29 is 9.59 Å². The molecule has 0 radical (unpaired) electrons. The number of hydrogen-bond donors (Lipinski definition) is 1. The van der Waals surface area contributed by atoms with Crippen LogP contribution in [-0.4, -0.2) is 34.8 Å². The molecule has 0 saturated carbocycles. The molecule has 25 heavy (non-hydrogen) atoms. The maximum atomic E-state index is 12.4. The lowest BCUT2D eigenvalue weighted by atomic mass is 10.1. The van der Waals surface area contributed by atoms with E-state index in [1.54, 1.807) is 0 Å². The van der Waals surface area contributed by atoms with Gasteiger partial charge in [0.1, 0.15) is 0 Å². The van der Waals surface area contributed by atoms with Crippen LogP contribution in [0.1, 0.15) is 51.0 Å². The Hall–Kier alpha value is -1.95. The lowest BCUT2D eigenvalue weighted by molar-refractivity contribution is -0.131. The van der Waals surface area contributed by atoms with Crippen LogP contribution in [0.25, 0.3) is 10.2 Å². The number of nitrogens with one attached hydrogen (secondary N) is 1. The molecule has 5 nitrogen and oxygen atoms in total. The fourth-order valence-corrected chi connectivity index (χ4v) is 4.06. The van der Waals surface area contributed by atoms with Gasteiger partial charge in [0.25, 0.3) is 0 Å². The smallest absolute Gasteiger partial charge is 0.225 e. The first kappa shape index (κ1) is 17.9. The van der Waals surface area contributed by atoms with Crippen molar-refractivity contribution in [3.05, 3.63) is 23.8 Å². The average Bonchev–Trinajstić information content (AvgIpc) is 2.82. The van der Waals surface area contributed by atoms with Crippen molar-refractivity contribution in [2.45, 2.75) is 51.9 Å². The van der Waals surface area contributed by atoms with E-state index in [1.807, 2.05) is 24.0 Å². The lowest BCUT2D eigenvalue weighted by Crippen LogP contribution is -2.31. The zero-order valence-corrected chi connectivity index (χ0v) is 15.5. The van der Waals surface area contributed by atoms with Gasteiger partial charge in [-0.2, -0.15) is 0 Å². The molecule has 1 aromatic heterocycles. The summed E-state index contributed by atoms with van der Waals surface area (Å²) in [5.74, 6) is 0.240. The maximum Gasteiger partial charge on any atom is 0.225 e. The Morgan fingerprint density at radius 2 is 1.96 bits per heavy atom. The van der Waals surface area contributed by atoms with Crippen LogP contribution in [-0.2, 0) is 16.0 Å². The number of likely N-dealkylation sites (tertiary alicyclic amines) is 1. The summed E-state index contributed by atoms with van der Waals surface area (Å²) in [5, 5.41) is 3.45. The van der Waals surface area contributed by atoms with E-state index in [0.717, 1.165) is 48.1 Å². The normalized spacial score (nSPS) is 15.2. The highest BCUT2D eigenvalue weighted by Gasteiger charge is 2.15. The quantitative estimate of drug-likeness (QED) is 0.878. The predicted octanol–water partition coefficient (Wildman–Crippen LogP) is 3.98. The summed E-state index contributed by atoms with van der Waals surface area (Å²) >= 11 is 1.48. The number of carbonyl (C=O) groups excluding carboxylic acids is 2. The summed E-state index contributed by atoms with van der Waals surface area (Å²) < 4.78 is 1.05. The maximum absolute atomic E-state index is 12.4. The summed E-state index contributed by atoms with van der Waals surface area (Å²) in [4.78, 5) is 30.4. The Labute approximate surface area is 152 Å². The van der Waals surface area contributed by atoms with Crippen molar-refractivity contribution in [3.63, 3.8) is 0 Å². The number of carbonyl (C=O) groups is 2. The number of rotatable bonds is 5. The van der Waals surface area contributed by atoms with Crippen LogP contribution < -0.4 is 5.32 Å². The summed E-state index contributed by atoms with van der Waals surface area (Å²) in [6.45, 7) is 3.64. The van der Waals surface area contributed by atoms with Gasteiger partial charge >= 0.3 is 0 Å². The second-order valence-electron chi connectivity index (χ2n) is 6.52. The zero-order chi connectivity index (χ0) is 17.6. The van der Waals surface area contributed by atoms with E-state index in [2.05, 4.69) is 16.4 Å². The molecule has 1 N–H and O–H groups in total. The Bertz CT molecular complexity index is 748. The molecule has 0 aliphatic carbocycles. The van der Waals surface area contributed by atoms with Gasteiger partial charge in [0, 0.05) is 25.9 Å². The van der Waals surface area contributed by atoms with Crippen LogP contribution >= 0.6 is 11.3 Å². The molecule has 2 amide bonds. The number of fused-ring (bicyclic) bond motifs is 1. The molecule has 1 saturated heterocycles. The third-order valence-electron chi connectivity index (χ3n) is 4.61. The number of thiazole rings is 1. The number of aryl methyl sites for hydroxylation is 1. The Morgan fingerprint density at radius 1 is 1.20 bits per heavy atom. The average molecular weight is 359 g/mol. The molecular formula is C19H25N3O2S. The molecule has 1 aromatic carbocycles. The van der Waals surface area contributed by atoms with Gasteiger partial charge in [0.2, 0.25) is 11.8 Å². The van der Waals surface area contributed by atoms with E-state index in [9.17, 15) is 9.59 Å². The van der Waals surface area contributed by atoms with Gasteiger partial charge in [-0.25, -0.2) is 4.98 Å². The van der Waals surface area contributed by atoms with Crippen LogP contribution in [0.15, 0.2) is 18.2 Å². The highest BCUT2D eigenvalue weighted by atomic mass is 32.1. The number of benzene rings is 1. The highest BCUT2D eigenvalue weighted by molar-refractivity contribution is 7.22. The van der Waals surface area contributed by atoms with Crippen molar-refractivity contribution in [3.8, 4) is 0 Å². The van der Waals surface area contributed by atoms with E-state index in [4.69, 9.17) is 0 Å². The summed E-state index contributed by atoms with van der Waals surface area (Å²) in [5.41, 5.74) is 2.03. The van der Waals surface area contributed by atoms with E-state index in [-0.39, 0.29) is 11.8 Å². The number of aromatic nitrogens is 1. The van der Waals surface area contributed by atoms with Gasteiger partial charge in [-0.3, -0.25) is 9.59 Å². The van der Waals surface area contributed by atoms with E-state index in [1.165, 1.54) is 24.2 Å². The Balaban J connectivity index is 1.61. The van der Waals surface area contributed by atoms with Crippen LogP contribution in [0.2, 0.25) is 0 Å². The monoisotopic (exact) mass is 359 g/mol. The van der Waals surface area contributed by atoms with Crippen molar-refractivity contribution in [2.75, 3.05) is 18.4 Å². The Kier molecular flexibility index (Phi) is 6.02. The van der Waals surface area contributed by atoms with E-state index < -0.39 is 0 Å². The molecule has 0 atom stereocenters. The molecular weight excluding hydrogens is 334 g/mol. The van der Waals surface area contributed by atoms with Crippen molar-refractivity contribution in [1.82, 2.24) is 9.88 Å². The standard InChI is InChI=1S/C19H25N3O2S/c1-2-17(23)21-19-20-15-9-7-14(13-16(15)25-19)8-10-18(24)22-11-5-3-4-6-12-22/h7,9,13H,2-6,8,10-12H2,1H3,(H,20,21,23). The minimum Gasteiger partial charge on any atom is -0.343 e. The summed E-state index contributed by atoms with van der Waals surface area (Å²) in [7, 11) is 0. The molecule has 0 spiro atoms. The molecule has 6 heteroatoms. The van der Waals surface area contributed by atoms with Gasteiger partial charge in [0.05, 0.1) is 10.2 Å². The second kappa shape index (κ2) is 8.43. The lowest BCUT2D eigenvalue weighted by Gasteiger charge is -2.20. The summed E-state index contributed by atoms with van der Waals surface area (Å²) in [6, 6.07) is 6.09. The third kappa shape index (κ3) is 4.78. The number of anilines is 1. The molecule has 0 bridgehead atoms. The first-order valence-electron chi connectivity index (χ1n) is 9.13. The molecule has 0 unspecified atom stereocenters. The zero-order valence-electron chi connectivity index (χ0n) is 14.7. The summed E-state index contributed by atoms with van der Waals surface area (Å²) in [6.07, 6.45) is 6.49. The first-order chi connectivity index (χ1) is 12.2. The molecule has 134 valence electrons. The topological polar surface area (TPSA) is 62.3 Å². The fraction of sp³-hybridized carbons (Fsp3) is 0.526. The van der Waals surface area contributed by atoms with Crippen LogP contribution in [0, 0.1) is 0 Å². The van der Waals surface area contributed by atoms with Gasteiger partial charge in [-0.15, -0.1) is 0 Å². The van der Waals surface area contributed by atoms with Crippen LogP contribution in [0.3, 0.4) is 0 Å². The van der Waals surface area contributed by atoms with E-state index >= 15 is 0 Å². The molecule has 1 aliphatic rings. The third-order valence-corrected chi connectivity index (χ3v) is 5.54. The molecule has 1 aliphatic heterocycles. The highest BCUT2D eigenvalue weighted by Crippen LogP contribution is 2.27. The van der Waals surface area contributed by atoms with Gasteiger partial charge < -0.3 is 10.2 Å². The SMILES string of the molecule is CCC(=O)Nc1nc2ccc(CCC(=O)N3CCCCCC3)cc2s1. The fourth-order valence-electron chi connectivity index (χ4n) is 3.12. The van der Waals surface area contributed by atoms with Gasteiger partial charge in [0.15, 0.2) is 5.13 Å². The predicted molar refractivity (Wildman–Crippen MR) is 102 cm³/mol. The van der Waals surface area contributed by atoms with Gasteiger partial charge in [-0.1, -0.05) is 37.2 Å². The molecule has 2 aromatic rings. The van der Waals surface area contributed by atoms with Crippen molar-refractivity contribution in [2.24, 2.45) is 0 Å². The first-order valence-corrected chi connectivity index (χ1v) is 9.94. The molecule has 1 fully saturated rings. The van der Waals surface area contributed by atoms with Crippen molar-refractivity contribution >= 4 is 38.5 Å². The number of hydrogen-bond acceptors (Lipinski definition) is 4. The van der Waals surface area contributed by atoms with Crippen molar-refractivity contribution in [1.29, 1.82) is 0 Å². The molecule has 2 heterocycles. The van der Waals surface area contributed by atoms with Crippen LogP contribution in [0.5, 0.6) is 0 Å². The minimum absolute atomic E-state index is 0.0256. The number of amides is 2. The molecule has 3 rings (SSSR count). The largest absolute Gasteiger partial charge is 0.343 e. The van der Waals surface area contributed by atoms with Gasteiger partial charge in [-0.05, 0) is 37.0 Å². The number of nitrogens with zero attached hydrogens (tertiary/aromatic N) is 2. The Morgan fingerprint density at radius 3 is 2.68 bits per heavy atom. The van der Waals surface area contributed by atoms with Crippen LogP contribution in [0.4, 0.5) is 5.13 Å².